The maximum Gasteiger partial charge on any atom is 0.192 e. The van der Waals surface area contributed by atoms with E-state index in [0.29, 0.717) is 5.89 Å². The van der Waals surface area contributed by atoms with E-state index < -0.39 is 0 Å². The second-order valence-electron chi connectivity index (χ2n) is 3.41. The number of rotatable bonds is 2. The van der Waals surface area contributed by atoms with Crippen LogP contribution >= 0.6 is 0 Å². The molecule has 1 aromatic carbocycles. The molecule has 1 unspecified atom stereocenters. The summed E-state index contributed by atoms with van der Waals surface area (Å²) in [6, 6.07) is 7.50. The predicted octanol–water partition coefficient (Wildman–Crippen LogP) is 2.46. The molecule has 2 aromatic rings. The molecule has 0 aliphatic carbocycles. The van der Waals surface area contributed by atoms with Crippen molar-refractivity contribution < 1.29 is 4.42 Å². The first-order chi connectivity index (χ1) is 7.19. The summed E-state index contributed by atoms with van der Waals surface area (Å²) in [7, 11) is 0. The van der Waals surface area contributed by atoms with Crippen molar-refractivity contribution in [3.05, 3.63) is 24.1 Å². The van der Waals surface area contributed by atoms with Gasteiger partial charge in [0.1, 0.15) is 11.6 Å². The van der Waals surface area contributed by atoms with Crippen molar-refractivity contribution in [1.82, 2.24) is 4.98 Å². The van der Waals surface area contributed by atoms with Gasteiger partial charge in [-0.3, -0.25) is 0 Å². The van der Waals surface area contributed by atoms with Gasteiger partial charge in [0.2, 0.25) is 0 Å². The molecule has 0 spiro atoms. The number of benzene rings is 1. The van der Waals surface area contributed by atoms with Gasteiger partial charge >= 0.3 is 0 Å². The van der Waals surface area contributed by atoms with E-state index in [-0.39, 0.29) is 6.04 Å². The number of aryl methyl sites for hydroxylation is 1. The molecule has 2 rings (SSSR count). The minimum absolute atomic E-state index is 0.216. The van der Waals surface area contributed by atoms with Gasteiger partial charge in [-0.05, 0) is 19.1 Å². The summed E-state index contributed by atoms with van der Waals surface area (Å²) in [6.07, 6.45) is 0. The third-order valence-electron chi connectivity index (χ3n) is 2.07. The first-order valence-electron chi connectivity index (χ1n) is 4.72. The number of nitrogens with one attached hydrogen (secondary N) is 1. The Morgan fingerprint density at radius 3 is 3.07 bits per heavy atom. The third kappa shape index (κ3) is 1.91. The Bertz CT molecular complexity index is 524. The highest BCUT2D eigenvalue weighted by atomic mass is 16.3. The molecule has 1 aromatic heterocycles. The van der Waals surface area contributed by atoms with E-state index in [2.05, 4.69) is 16.4 Å². The molecule has 0 fully saturated rings. The number of oxazole rings is 1. The fourth-order valence-corrected chi connectivity index (χ4v) is 1.41. The lowest BCUT2D eigenvalue weighted by atomic mass is 10.2. The van der Waals surface area contributed by atoms with Gasteiger partial charge in [0.05, 0.1) is 6.07 Å². The lowest BCUT2D eigenvalue weighted by Gasteiger charge is -2.06. The van der Waals surface area contributed by atoms with Crippen LogP contribution in [-0.4, -0.2) is 11.0 Å². The van der Waals surface area contributed by atoms with Crippen LogP contribution in [0.25, 0.3) is 11.1 Å². The van der Waals surface area contributed by atoms with E-state index in [1.807, 2.05) is 25.1 Å². The Labute approximate surface area is 87.5 Å². The topological polar surface area (TPSA) is 61.9 Å². The highest BCUT2D eigenvalue weighted by molar-refractivity contribution is 5.77. The summed E-state index contributed by atoms with van der Waals surface area (Å²) in [6.45, 7) is 3.61. The monoisotopic (exact) mass is 201 g/mol. The Morgan fingerprint density at radius 2 is 2.33 bits per heavy atom. The first kappa shape index (κ1) is 9.53. The maximum atomic E-state index is 8.67. The lowest BCUT2D eigenvalue weighted by Crippen LogP contribution is -2.11. The van der Waals surface area contributed by atoms with Crippen molar-refractivity contribution in [3.8, 4) is 6.07 Å². The van der Waals surface area contributed by atoms with Crippen molar-refractivity contribution in [2.75, 3.05) is 5.32 Å². The van der Waals surface area contributed by atoms with E-state index in [9.17, 15) is 0 Å². The van der Waals surface area contributed by atoms with Crippen LogP contribution < -0.4 is 5.32 Å². The van der Waals surface area contributed by atoms with Crippen LogP contribution in [0.4, 0.5) is 5.69 Å². The van der Waals surface area contributed by atoms with Crippen molar-refractivity contribution in [2.24, 2.45) is 0 Å². The molecule has 0 aliphatic heterocycles. The molecule has 0 aliphatic rings. The van der Waals surface area contributed by atoms with Gasteiger partial charge in [-0.15, -0.1) is 0 Å². The van der Waals surface area contributed by atoms with Gasteiger partial charge in [-0.25, -0.2) is 4.98 Å². The van der Waals surface area contributed by atoms with Crippen LogP contribution in [-0.2, 0) is 0 Å². The predicted molar refractivity (Wildman–Crippen MR) is 57.4 cm³/mol. The van der Waals surface area contributed by atoms with Crippen LogP contribution in [0.15, 0.2) is 22.6 Å². The number of nitriles is 1. The lowest BCUT2D eigenvalue weighted by molar-refractivity contribution is 0.561. The van der Waals surface area contributed by atoms with E-state index >= 15 is 0 Å². The van der Waals surface area contributed by atoms with Crippen LogP contribution in [0.3, 0.4) is 0 Å². The second kappa shape index (κ2) is 3.62. The molecule has 0 amide bonds. The van der Waals surface area contributed by atoms with Crippen molar-refractivity contribution in [1.29, 1.82) is 5.26 Å². The first-order valence-corrected chi connectivity index (χ1v) is 4.72. The van der Waals surface area contributed by atoms with E-state index in [0.717, 1.165) is 16.8 Å². The molecular formula is C11H11N3O. The van der Waals surface area contributed by atoms with Crippen LogP contribution in [0.2, 0.25) is 0 Å². The number of hydrogen-bond acceptors (Lipinski definition) is 4. The van der Waals surface area contributed by atoms with Crippen molar-refractivity contribution in [3.63, 3.8) is 0 Å². The molecule has 4 nitrogen and oxygen atoms in total. The highest BCUT2D eigenvalue weighted by Gasteiger charge is 2.04. The number of fused-ring (bicyclic) bond motifs is 1. The van der Waals surface area contributed by atoms with Gasteiger partial charge in [-0.1, -0.05) is 0 Å². The van der Waals surface area contributed by atoms with Gasteiger partial charge in [0.15, 0.2) is 11.5 Å². The molecule has 4 heteroatoms. The van der Waals surface area contributed by atoms with Crippen molar-refractivity contribution in [2.45, 2.75) is 19.9 Å². The molecule has 1 heterocycles. The van der Waals surface area contributed by atoms with Gasteiger partial charge in [0, 0.05) is 18.7 Å². The summed E-state index contributed by atoms with van der Waals surface area (Å²) >= 11 is 0. The quantitative estimate of drug-likeness (QED) is 0.810. The van der Waals surface area contributed by atoms with Crippen LogP contribution in [0, 0.1) is 18.3 Å². The summed E-state index contributed by atoms with van der Waals surface area (Å²) in [4.78, 5) is 4.19. The zero-order valence-electron chi connectivity index (χ0n) is 8.61. The molecule has 76 valence electrons. The summed E-state index contributed by atoms with van der Waals surface area (Å²) in [5, 5.41) is 11.7. The second-order valence-corrected chi connectivity index (χ2v) is 3.41. The van der Waals surface area contributed by atoms with E-state index in [1.54, 1.807) is 6.92 Å². The van der Waals surface area contributed by atoms with Gasteiger partial charge in [0.25, 0.3) is 0 Å². The normalized spacial score (nSPS) is 12.3. The number of hydrogen-bond donors (Lipinski definition) is 1. The minimum atomic E-state index is -0.216. The largest absolute Gasteiger partial charge is 0.441 e. The average Bonchev–Trinajstić information content (AvgIpc) is 2.57. The number of nitrogens with zero attached hydrogens (tertiary/aromatic N) is 2. The molecule has 0 saturated heterocycles. The standard InChI is InChI=1S/C11H11N3O/c1-7(6-12)13-9-3-4-10-11(5-9)15-8(2)14-10/h3-5,7,13H,1-2H3. The Morgan fingerprint density at radius 1 is 1.53 bits per heavy atom. The minimum Gasteiger partial charge on any atom is -0.441 e. The summed E-state index contributed by atoms with van der Waals surface area (Å²) < 4.78 is 5.39. The summed E-state index contributed by atoms with van der Waals surface area (Å²) in [5.41, 5.74) is 2.44. The van der Waals surface area contributed by atoms with Crippen LogP contribution in [0.1, 0.15) is 12.8 Å². The number of aromatic nitrogens is 1. The SMILES string of the molecule is Cc1nc2ccc(NC(C)C#N)cc2o1. The summed E-state index contributed by atoms with van der Waals surface area (Å²) in [5.74, 6) is 0.649. The number of anilines is 1. The van der Waals surface area contributed by atoms with E-state index in [1.165, 1.54) is 0 Å². The molecule has 0 radical (unpaired) electrons. The molecule has 0 saturated carbocycles. The van der Waals surface area contributed by atoms with Gasteiger partial charge in [-0.2, -0.15) is 5.26 Å². The molecule has 1 N–H and O–H groups in total. The fraction of sp³-hybridized carbons (Fsp3) is 0.273. The Kier molecular flexibility index (Phi) is 2.30. The molecule has 1 atom stereocenters. The zero-order chi connectivity index (χ0) is 10.8. The highest BCUT2D eigenvalue weighted by Crippen LogP contribution is 2.20. The zero-order valence-corrected chi connectivity index (χ0v) is 8.61. The van der Waals surface area contributed by atoms with Crippen LogP contribution in [0.5, 0.6) is 0 Å². The molecule has 0 bridgehead atoms. The van der Waals surface area contributed by atoms with Crippen molar-refractivity contribution >= 4 is 16.8 Å². The third-order valence-corrected chi connectivity index (χ3v) is 2.07. The fourth-order valence-electron chi connectivity index (χ4n) is 1.41. The van der Waals surface area contributed by atoms with Gasteiger partial charge < -0.3 is 9.73 Å². The average molecular weight is 201 g/mol. The smallest absolute Gasteiger partial charge is 0.192 e. The van der Waals surface area contributed by atoms with E-state index in [4.69, 9.17) is 9.68 Å². The molecule has 15 heavy (non-hydrogen) atoms. The maximum absolute atomic E-state index is 8.67. The molecular weight excluding hydrogens is 190 g/mol. The Balaban J connectivity index is 2.35. The Hall–Kier alpha value is -2.02.